The number of ether oxygens (including phenoxy) is 1. The summed E-state index contributed by atoms with van der Waals surface area (Å²) in [6.45, 7) is 1.98. The molecule has 0 spiro atoms. The quantitative estimate of drug-likeness (QED) is 0.482. The van der Waals surface area contributed by atoms with Gasteiger partial charge in [-0.2, -0.15) is 5.10 Å². The lowest BCUT2D eigenvalue weighted by atomic mass is 10.1. The van der Waals surface area contributed by atoms with Crippen LogP contribution in [0, 0.1) is 6.92 Å². The van der Waals surface area contributed by atoms with Crippen LogP contribution in [-0.4, -0.2) is 31.3 Å². The van der Waals surface area contributed by atoms with E-state index in [-0.39, 0.29) is 6.04 Å². The maximum absolute atomic E-state index is 5.33. The molecule has 5 rings (SSSR count). The minimum absolute atomic E-state index is 0.182. The van der Waals surface area contributed by atoms with Crippen molar-refractivity contribution >= 4 is 22.4 Å². The van der Waals surface area contributed by atoms with E-state index in [1.54, 1.807) is 7.11 Å². The molecule has 150 valence electrons. The van der Waals surface area contributed by atoms with Gasteiger partial charge in [0.25, 0.3) is 0 Å². The summed E-state index contributed by atoms with van der Waals surface area (Å²) in [5, 5.41) is 9.24. The van der Waals surface area contributed by atoms with E-state index in [2.05, 4.69) is 39.7 Å². The number of aromatic nitrogens is 5. The Hall–Kier alpha value is -3.87. The van der Waals surface area contributed by atoms with Gasteiger partial charge in [-0.1, -0.05) is 24.3 Å². The lowest BCUT2D eigenvalue weighted by Crippen LogP contribution is -2.18. The van der Waals surface area contributed by atoms with E-state index in [1.807, 2.05) is 65.8 Å². The molecule has 0 aliphatic carbocycles. The average Bonchev–Trinajstić information content (AvgIpc) is 3.36. The highest BCUT2D eigenvalue weighted by molar-refractivity contribution is 5.91. The van der Waals surface area contributed by atoms with Crippen molar-refractivity contribution in [1.29, 1.82) is 0 Å². The standard InChI is InChI=1S/C23H22N6O/c1-15-14-20-25-22(18-6-4-5-7-19(18)29(20)27-15)26-21(23-24-12-13-28(23)2)16-8-10-17(30-3)11-9-16/h4-14,21H,1-3H3,(H,25,26)/t21-/m0/s1. The predicted octanol–water partition coefficient (Wildman–Crippen LogP) is 4.13. The molecular weight excluding hydrogens is 376 g/mol. The van der Waals surface area contributed by atoms with Crippen molar-refractivity contribution in [2.45, 2.75) is 13.0 Å². The molecule has 1 N–H and O–H groups in total. The third kappa shape index (κ3) is 3.04. The minimum atomic E-state index is -0.182. The van der Waals surface area contributed by atoms with Gasteiger partial charge in [0, 0.05) is 30.9 Å². The van der Waals surface area contributed by atoms with Crippen LogP contribution in [0.25, 0.3) is 16.6 Å². The number of fused-ring (bicyclic) bond motifs is 3. The van der Waals surface area contributed by atoms with Crippen molar-refractivity contribution in [2.24, 2.45) is 7.05 Å². The summed E-state index contributed by atoms with van der Waals surface area (Å²) in [5.41, 5.74) is 3.81. The Morgan fingerprint density at radius 3 is 2.60 bits per heavy atom. The summed E-state index contributed by atoms with van der Waals surface area (Å²) in [7, 11) is 3.66. The normalized spacial score (nSPS) is 12.4. The number of rotatable bonds is 5. The predicted molar refractivity (Wildman–Crippen MR) is 117 cm³/mol. The smallest absolute Gasteiger partial charge is 0.158 e. The molecule has 3 aromatic heterocycles. The fourth-order valence-corrected chi connectivity index (χ4v) is 3.77. The van der Waals surface area contributed by atoms with Crippen LogP contribution in [0.5, 0.6) is 5.75 Å². The molecule has 7 nitrogen and oxygen atoms in total. The number of imidazole rings is 1. The third-order valence-electron chi connectivity index (χ3n) is 5.27. The van der Waals surface area contributed by atoms with E-state index in [0.29, 0.717) is 0 Å². The molecule has 0 amide bonds. The largest absolute Gasteiger partial charge is 0.497 e. The molecule has 0 saturated carbocycles. The molecule has 0 radical (unpaired) electrons. The van der Waals surface area contributed by atoms with Crippen LogP contribution >= 0.6 is 0 Å². The highest BCUT2D eigenvalue weighted by Gasteiger charge is 2.21. The molecule has 0 bridgehead atoms. The number of methoxy groups -OCH3 is 1. The number of benzene rings is 2. The lowest BCUT2D eigenvalue weighted by molar-refractivity contribution is 0.414. The van der Waals surface area contributed by atoms with Gasteiger partial charge < -0.3 is 14.6 Å². The van der Waals surface area contributed by atoms with Crippen LogP contribution in [0.1, 0.15) is 23.1 Å². The zero-order valence-electron chi connectivity index (χ0n) is 17.1. The number of aryl methyl sites for hydroxylation is 2. The molecule has 3 heterocycles. The number of nitrogens with one attached hydrogen (secondary N) is 1. The molecule has 5 aromatic rings. The summed E-state index contributed by atoms with van der Waals surface area (Å²) in [5.74, 6) is 2.51. The zero-order valence-corrected chi connectivity index (χ0v) is 17.1. The summed E-state index contributed by atoms with van der Waals surface area (Å²) in [6.07, 6.45) is 3.76. The highest BCUT2D eigenvalue weighted by Crippen LogP contribution is 2.30. The Labute approximate surface area is 174 Å². The first kappa shape index (κ1) is 18.2. The molecule has 0 fully saturated rings. The van der Waals surface area contributed by atoms with E-state index in [1.165, 1.54) is 0 Å². The number of hydrogen-bond donors (Lipinski definition) is 1. The van der Waals surface area contributed by atoms with Crippen molar-refractivity contribution in [3.05, 3.63) is 84.1 Å². The van der Waals surface area contributed by atoms with Crippen molar-refractivity contribution in [1.82, 2.24) is 24.1 Å². The summed E-state index contributed by atoms with van der Waals surface area (Å²) < 4.78 is 9.23. The van der Waals surface area contributed by atoms with Crippen LogP contribution in [0.2, 0.25) is 0 Å². The molecule has 0 aliphatic rings. The first-order valence-electron chi connectivity index (χ1n) is 9.77. The topological polar surface area (TPSA) is 69.3 Å². The number of anilines is 1. The van der Waals surface area contributed by atoms with Crippen LogP contribution in [0.4, 0.5) is 5.82 Å². The first-order valence-corrected chi connectivity index (χ1v) is 9.77. The van der Waals surface area contributed by atoms with Gasteiger partial charge in [0.1, 0.15) is 23.4 Å². The van der Waals surface area contributed by atoms with E-state index in [4.69, 9.17) is 9.72 Å². The van der Waals surface area contributed by atoms with Crippen LogP contribution < -0.4 is 10.1 Å². The van der Waals surface area contributed by atoms with E-state index in [9.17, 15) is 0 Å². The fraction of sp³-hybridized carbons (Fsp3) is 0.174. The molecular formula is C23H22N6O. The molecule has 0 saturated heterocycles. The minimum Gasteiger partial charge on any atom is -0.497 e. The van der Waals surface area contributed by atoms with Crippen LogP contribution in [0.3, 0.4) is 0 Å². The SMILES string of the molecule is COc1ccc([C@H](Nc2nc3cc(C)nn3c3ccccc23)c2nccn2C)cc1. The Morgan fingerprint density at radius 1 is 1.07 bits per heavy atom. The summed E-state index contributed by atoms with van der Waals surface area (Å²) >= 11 is 0. The zero-order chi connectivity index (χ0) is 20.7. The van der Waals surface area contributed by atoms with Gasteiger partial charge in [0.05, 0.1) is 18.3 Å². The van der Waals surface area contributed by atoms with Crippen LogP contribution in [-0.2, 0) is 7.05 Å². The first-order chi connectivity index (χ1) is 14.6. The Morgan fingerprint density at radius 2 is 1.87 bits per heavy atom. The molecule has 30 heavy (non-hydrogen) atoms. The average molecular weight is 398 g/mol. The maximum Gasteiger partial charge on any atom is 0.158 e. The number of para-hydroxylation sites is 1. The second kappa shape index (κ2) is 7.18. The van der Waals surface area contributed by atoms with Gasteiger partial charge in [-0.15, -0.1) is 0 Å². The van der Waals surface area contributed by atoms with Gasteiger partial charge in [-0.25, -0.2) is 14.5 Å². The highest BCUT2D eigenvalue weighted by atomic mass is 16.5. The molecule has 1 atom stereocenters. The molecule has 2 aromatic carbocycles. The van der Waals surface area contributed by atoms with Gasteiger partial charge in [0.15, 0.2) is 5.65 Å². The Balaban J connectivity index is 1.67. The third-order valence-corrected chi connectivity index (χ3v) is 5.27. The van der Waals surface area contributed by atoms with Gasteiger partial charge in [0.2, 0.25) is 0 Å². The van der Waals surface area contributed by atoms with Crippen molar-refractivity contribution in [3.8, 4) is 5.75 Å². The fourth-order valence-electron chi connectivity index (χ4n) is 3.77. The van der Waals surface area contributed by atoms with E-state index >= 15 is 0 Å². The molecule has 0 aliphatic heterocycles. The number of nitrogens with zero attached hydrogens (tertiary/aromatic N) is 5. The second-order valence-electron chi connectivity index (χ2n) is 7.28. The van der Waals surface area contributed by atoms with E-state index in [0.717, 1.165) is 45.2 Å². The molecule has 0 unspecified atom stereocenters. The van der Waals surface area contributed by atoms with Gasteiger partial charge in [-0.05, 0) is 36.8 Å². The summed E-state index contributed by atoms with van der Waals surface area (Å²) in [6, 6.07) is 18.0. The van der Waals surface area contributed by atoms with Gasteiger partial charge >= 0.3 is 0 Å². The number of hydrogen-bond acceptors (Lipinski definition) is 5. The monoisotopic (exact) mass is 398 g/mol. The van der Waals surface area contributed by atoms with Crippen LogP contribution in [0.15, 0.2) is 67.0 Å². The Kier molecular flexibility index (Phi) is 4.35. The molecule has 7 heteroatoms. The van der Waals surface area contributed by atoms with E-state index < -0.39 is 0 Å². The maximum atomic E-state index is 5.33. The van der Waals surface area contributed by atoms with Gasteiger partial charge in [-0.3, -0.25) is 0 Å². The lowest BCUT2D eigenvalue weighted by Gasteiger charge is -2.21. The van der Waals surface area contributed by atoms with Crippen molar-refractivity contribution < 1.29 is 4.74 Å². The van der Waals surface area contributed by atoms with Crippen molar-refractivity contribution in [2.75, 3.05) is 12.4 Å². The Bertz CT molecular complexity index is 1340. The van der Waals surface area contributed by atoms with Crippen molar-refractivity contribution in [3.63, 3.8) is 0 Å². The summed E-state index contributed by atoms with van der Waals surface area (Å²) in [4.78, 5) is 9.49. The second-order valence-corrected chi connectivity index (χ2v) is 7.28.